The van der Waals surface area contributed by atoms with Crippen LogP contribution in [0, 0.1) is 0 Å². The van der Waals surface area contributed by atoms with Gasteiger partial charge in [0.2, 0.25) is 6.41 Å². The fourth-order valence-corrected chi connectivity index (χ4v) is 1.89. The maximum Gasteiger partial charge on any atom is 0.336 e. The van der Waals surface area contributed by atoms with E-state index in [-0.39, 0.29) is 5.56 Å². The van der Waals surface area contributed by atoms with Gasteiger partial charge in [-0.25, -0.2) is 13.9 Å². The molecule has 1 saturated heterocycles. The summed E-state index contributed by atoms with van der Waals surface area (Å²) in [6.45, 7) is 0.0479. The Morgan fingerprint density at radius 3 is 2.67 bits per heavy atom. The molecular weight excluding hydrogens is 308 g/mol. The highest BCUT2D eigenvalue weighted by Crippen LogP contribution is 2.14. The molecule has 1 N–H and O–H groups in total. The summed E-state index contributed by atoms with van der Waals surface area (Å²) in [6.07, 6.45) is 1.95. The summed E-state index contributed by atoms with van der Waals surface area (Å²) in [5, 5.41) is 9.09. The van der Waals surface area contributed by atoms with Crippen LogP contribution in [0.15, 0.2) is 20.8 Å². The number of ether oxygens (including phenoxy) is 2. The summed E-state index contributed by atoms with van der Waals surface area (Å²) in [5.41, 5.74) is -1.02. The normalized spacial score (nSPS) is 16.8. The maximum atomic E-state index is 11.9. The van der Waals surface area contributed by atoms with Gasteiger partial charge in [0.25, 0.3) is 5.56 Å². The molecule has 0 unspecified atom stereocenters. The zero-order chi connectivity index (χ0) is 13.1. The Hall–Kier alpha value is -1.22. The first kappa shape index (κ1) is 13.2. The molecule has 0 radical (unpaired) electrons. The lowest BCUT2D eigenvalue weighted by atomic mass is 10.3. The highest BCUT2D eigenvalue weighted by atomic mass is 79.9. The molecule has 0 spiro atoms. The zero-order valence-electron chi connectivity index (χ0n) is 9.28. The summed E-state index contributed by atoms with van der Waals surface area (Å²) >= 11 is 3.05. The second-order valence-corrected chi connectivity index (χ2v) is 4.02. The van der Waals surface area contributed by atoms with Gasteiger partial charge in [-0.1, -0.05) is 15.9 Å². The number of halogens is 1. The second kappa shape index (κ2) is 5.61. The van der Waals surface area contributed by atoms with Gasteiger partial charge in [-0.3, -0.25) is 4.79 Å². The molecule has 1 aliphatic rings. The monoisotopic (exact) mass is 318 g/mol. The van der Waals surface area contributed by atoms with E-state index < -0.39 is 24.4 Å². The predicted octanol–water partition coefficient (Wildman–Crippen LogP) is -0.172. The molecule has 0 aliphatic carbocycles. The number of aliphatic hydroxyl groups excluding tert-OH is 1. The fourth-order valence-electron chi connectivity index (χ4n) is 1.61. The molecule has 1 aliphatic heterocycles. The van der Waals surface area contributed by atoms with Crippen LogP contribution in [0.2, 0.25) is 0 Å². The summed E-state index contributed by atoms with van der Waals surface area (Å²) < 4.78 is 12.2. The average molecular weight is 319 g/mol. The lowest BCUT2D eigenvalue weighted by Crippen LogP contribution is -2.42. The number of hydrogen-bond acceptors (Lipinski definition) is 5. The van der Waals surface area contributed by atoms with Gasteiger partial charge in [0.15, 0.2) is 0 Å². The lowest BCUT2D eigenvalue weighted by molar-refractivity contribution is -0.105. The molecule has 2 heterocycles. The highest BCUT2D eigenvalue weighted by Gasteiger charge is 2.21. The third kappa shape index (κ3) is 2.32. The van der Waals surface area contributed by atoms with Crippen molar-refractivity contribution in [1.29, 1.82) is 0 Å². The van der Waals surface area contributed by atoms with Crippen LogP contribution in [0.5, 0.6) is 0 Å². The van der Waals surface area contributed by atoms with Gasteiger partial charge in [0, 0.05) is 6.20 Å². The summed E-state index contributed by atoms with van der Waals surface area (Å²) in [6, 6.07) is 0. The minimum absolute atomic E-state index is 0.236. The van der Waals surface area contributed by atoms with Crippen molar-refractivity contribution in [2.45, 2.75) is 13.1 Å². The van der Waals surface area contributed by atoms with Crippen LogP contribution >= 0.6 is 15.9 Å². The molecular formula is C10H11BrN2O5. The summed E-state index contributed by atoms with van der Waals surface area (Å²) in [5.74, 6) is 0. The van der Waals surface area contributed by atoms with Gasteiger partial charge in [-0.15, -0.1) is 0 Å². The first-order valence-corrected chi connectivity index (χ1v) is 6.07. The molecule has 98 valence electrons. The Morgan fingerprint density at radius 2 is 2.11 bits per heavy atom. The van der Waals surface area contributed by atoms with E-state index in [1.165, 1.54) is 17.3 Å². The molecule has 1 aromatic rings. The predicted molar refractivity (Wildman–Crippen MR) is 66.1 cm³/mol. The largest absolute Gasteiger partial charge is 0.376 e. The molecule has 0 bridgehead atoms. The van der Waals surface area contributed by atoms with Crippen molar-refractivity contribution < 1.29 is 14.6 Å². The Labute approximate surface area is 110 Å². The van der Waals surface area contributed by atoms with Gasteiger partial charge >= 0.3 is 5.69 Å². The van der Waals surface area contributed by atoms with E-state index in [1.54, 1.807) is 0 Å². The van der Waals surface area contributed by atoms with E-state index in [1.807, 2.05) is 0 Å². The van der Waals surface area contributed by atoms with Crippen molar-refractivity contribution in [1.82, 2.24) is 9.13 Å². The van der Waals surface area contributed by atoms with Crippen LogP contribution in [-0.4, -0.2) is 27.5 Å². The van der Waals surface area contributed by atoms with E-state index in [0.29, 0.717) is 17.8 Å². The summed E-state index contributed by atoms with van der Waals surface area (Å²) in [7, 11) is 0. The standard InChI is InChI=1S/C10H11BrN2O5/c11-2-1-7-5-12(10-17-3-4-18-10)9(16)13(6-14)8(7)15/h1-2,5,10,14H,3-4,6H2/b2-1+. The molecule has 1 aromatic heterocycles. The van der Waals surface area contributed by atoms with Gasteiger partial charge in [0.1, 0.15) is 6.73 Å². The molecule has 0 aromatic carbocycles. The number of hydrogen-bond donors (Lipinski definition) is 1. The number of aromatic nitrogens is 2. The maximum absolute atomic E-state index is 11.9. The fraction of sp³-hybridized carbons (Fsp3) is 0.400. The van der Waals surface area contributed by atoms with Crippen LogP contribution in [-0.2, 0) is 16.2 Å². The van der Waals surface area contributed by atoms with Gasteiger partial charge in [-0.05, 0) is 11.1 Å². The van der Waals surface area contributed by atoms with Crippen molar-refractivity contribution in [3.63, 3.8) is 0 Å². The third-order valence-electron chi connectivity index (χ3n) is 2.44. The minimum atomic E-state index is -0.863. The Kier molecular flexibility index (Phi) is 4.12. The van der Waals surface area contributed by atoms with Gasteiger partial charge < -0.3 is 14.6 Å². The zero-order valence-corrected chi connectivity index (χ0v) is 10.9. The SMILES string of the molecule is O=c1c(/C=C/Br)cn(C2OCCO2)c(=O)n1CO. The Bertz CT molecular complexity index is 571. The topological polar surface area (TPSA) is 82.7 Å². The first-order chi connectivity index (χ1) is 8.69. The van der Waals surface area contributed by atoms with Crippen molar-refractivity contribution in [3.8, 4) is 0 Å². The third-order valence-corrected chi connectivity index (χ3v) is 2.70. The number of aliphatic hydroxyl groups is 1. The second-order valence-electron chi connectivity index (χ2n) is 3.49. The van der Waals surface area contributed by atoms with Crippen molar-refractivity contribution in [3.05, 3.63) is 37.6 Å². The van der Waals surface area contributed by atoms with E-state index in [4.69, 9.17) is 14.6 Å². The van der Waals surface area contributed by atoms with Crippen LogP contribution in [0.3, 0.4) is 0 Å². The molecule has 1 fully saturated rings. The van der Waals surface area contributed by atoms with E-state index in [0.717, 1.165) is 4.57 Å². The van der Waals surface area contributed by atoms with Crippen molar-refractivity contribution in [2.24, 2.45) is 0 Å². The molecule has 2 rings (SSSR count). The van der Waals surface area contributed by atoms with Gasteiger partial charge in [-0.2, -0.15) is 0 Å². The van der Waals surface area contributed by atoms with Gasteiger partial charge in [0.05, 0.1) is 18.8 Å². The number of rotatable bonds is 3. The molecule has 0 atom stereocenters. The number of nitrogens with zero attached hydrogens (tertiary/aromatic N) is 2. The Balaban J connectivity index is 2.62. The van der Waals surface area contributed by atoms with Crippen molar-refractivity contribution in [2.75, 3.05) is 13.2 Å². The quantitative estimate of drug-likeness (QED) is 0.836. The van der Waals surface area contributed by atoms with E-state index in [9.17, 15) is 9.59 Å². The van der Waals surface area contributed by atoms with Crippen LogP contribution < -0.4 is 11.2 Å². The summed E-state index contributed by atoms with van der Waals surface area (Å²) in [4.78, 5) is 25.2. The molecule has 7 nitrogen and oxygen atoms in total. The lowest BCUT2D eigenvalue weighted by Gasteiger charge is -2.14. The molecule has 0 amide bonds. The first-order valence-electron chi connectivity index (χ1n) is 5.16. The van der Waals surface area contributed by atoms with Crippen LogP contribution in [0.1, 0.15) is 12.0 Å². The van der Waals surface area contributed by atoms with E-state index in [2.05, 4.69) is 15.9 Å². The minimum Gasteiger partial charge on any atom is -0.376 e. The molecule has 18 heavy (non-hydrogen) atoms. The van der Waals surface area contributed by atoms with E-state index >= 15 is 0 Å². The van der Waals surface area contributed by atoms with Crippen LogP contribution in [0.25, 0.3) is 6.08 Å². The average Bonchev–Trinajstić information content (AvgIpc) is 2.87. The van der Waals surface area contributed by atoms with Crippen molar-refractivity contribution >= 4 is 22.0 Å². The molecule has 0 saturated carbocycles. The highest BCUT2D eigenvalue weighted by molar-refractivity contribution is 9.11. The smallest absolute Gasteiger partial charge is 0.336 e. The van der Waals surface area contributed by atoms with Crippen LogP contribution in [0.4, 0.5) is 0 Å². The molecule has 8 heteroatoms. The Morgan fingerprint density at radius 1 is 1.44 bits per heavy atom.